The third-order valence-corrected chi connectivity index (χ3v) is 5.63. The van der Waals surface area contributed by atoms with Crippen LogP contribution < -0.4 is 10.6 Å². The van der Waals surface area contributed by atoms with Crippen molar-refractivity contribution in [3.63, 3.8) is 0 Å². The first-order chi connectivity index (χ1) is 14.8. The number of nitrogens with zero attached hydrogens (tertiary/aromatic N) is 1. The molecule has 7 heteroatoms. The molecule has 0 aromatic heterocycles. The lowest BCUT2D eigenvalue weighted by Gasteiger charge is -2.22. The van der Waals surface area contributed by atoms with Crippen molar-refractivity contribution >= 4 is 28.6 Å². The van der Waals surface area contributed by atoms with E-state index in [2.05, 4.69) is 10.6 Å². The van der Waals surface area contributed by atoms with Gasteiger partial charge in [-0.15, -0.1) is 0 Å². The molecule has 0 saturated carbocycles. The molecule has 1 unspecified atom stereocenters. The highest BCUT2D eigenvalue weighted by Crippen LogP contribution is 2.30. The highest BCUT2D eigenvalue weighted by atomic mass is 19.1. The lowest BCUT2D eigenvalue weighted by Crippen LogP contribution is -2.43. The van der Waals surface area contributed by atoms with E-state index in [1.54, 1.807) is 32.0 Å². The summed E-state index contributed by atoms with van der Waals surface area (Å²) in [4.78, 5) is 38.8. The smallest absolute Gasteiger partial charge is 0.325 e. The van der Waals surface area contributed by atoms with Gasteiger partial charge in [0.25, 0.3) is 5.91 Å². The first kappa shape index (κ1) is 20.5. The standard InChI is InChI=1S/C24H22FN3O3/c1-15-7-8-16(11-20(15)25)13-26-21(29)14-28-22(30)24(2,27-23(28)31)19-10-9-17-5-3-4-6-18(17)12-19/h3-12H,13-14H2,1-2H3,(H,26,29)(H,27,31). The Labute approximate surface area is 179 Å². The van der Waals surface area contributed by atoms with Gasteiger partial charge in [0.1, 0.15) is 17.9 Å². The zero-order valence-corrected chi connectivity index (χ0v) is 17.2. The summed E-state index contributed by atoms with van der Waals surface area (Å²) in [5, 5.41) is 7.31. The molecule has 1 fully saturated rings. The zero-order valence-electron chi connectivity index (χ0n) is 17.2. The minimum atomic E-state index is -1.26. The highest BCUT2D eigenvalue weighted by Gasteiger charge is 2.49. The number of benzene rings is 3. The number of urea groups is 1. The fourth-order valence-electron chi connectivity index (χ4n) is 3.68. The van der Waals surface area contributed by atoms with Crippen LogP contribution in [0.2, 0.25) is 0 Å². The Balaban J connectivity index is 1.46. The number of rotatable bonds is 5. The molecule has 158 valence electrons. The number of hydrogen-bond acceptors (Lipinski definition) is 3. The maximum Gasteiger partial charge on any atom is 0.325 e. The Hall–Kier alpha value is -3.74. The van der Waals surface area contributed by atoms with Gasteiger partial charge >= 0.3 is 6.03 Å². The van der Waals surface area contributed by atoms with Crippen LogP contribution in [0.25, 0.3) is 10.8 Å². The van der Waals surface area contributed by atoms with Crippen LogP contribution in [0, 0.1) is 12.7 Å². The molecule has 6 nitrogen and oxygen atoms in total. The molecule has 4 amide bonds. The summed E-state index contributed by atoms with van der Waals surface area (Å²) < 4.78 is 13.7. The van der Waals surface area contributed by atoms with E-state index in [-0.39, 0.29) is 12.4 Å². The van der Waals surface area contributed by atoms with Crippen LogP contribution in [-0.4, -0.2) is 29.3 Å². The summed E-state index contributed by atoms with van der Waals surface area (Å²) in [6, 6.07) is 17.3. The van der Waals surface area contributed by atoms with Gasteiger partial charge in [0, 0.05) is 6.54 Å². The summed E-state index contributed by atoms with van der Waals surface area (Å²) in [7, 11) is 0. The minimum absolute atomic E-state index is 0.0988. The number of hydrogen-bond donors (Lipinski definition) is 2. The number of amides is 4. The van der Waals surface area contributed by atoms with Crippen molar-refractivity contribution in [1.82, 2.24) is 15.5 Å². The normalized spacial score (nSPS) is 18.4. The Morgan fingerprint density at radius 3 is 2.55 bits per heavy atom. The van der Waals surface area contributed by atoms with E-state index in [1.807, 2.05) is 36.4 Å². The number of carbonyl (C=O) groups excluding carboxylic acids is 3. The summed E-state index contributed by atoms with van der Waals surface area (Å²) >= 11 is 0. The molecule has 1 saturated heterocycles. The van der Waals surface area contributed by atoms with Crippen molar-refractivity contribution < 1.29 is 18.8 Å². The maximum atomic E-state index is 13.7. The SMILES string of the molecule is Cc1ccc(CNC(=O)CN2C(=O)NC(C)(c3ccc4ccccc4c3)C2=O)cc1F. The quantitative estimate of drug-likeness (QED) is 0.623. The largest absolute Gasteiger partial charge is 0.350 e. The highest BCUT2D eigenvalue weighted by molar-refractivity contribution is 6.09. The molecule has 31 heavy (non-hydrogen) atoms. The van der Waals surface area contributed by atoms with E-state index >= 15 is 0 Å². The van der Waals surface area contributed by atoms with Crippen LogP contribution in [0.3, 0.4) is 0 Å². The number of fused-ring (bicyclic) bond motifs is 1. The third-order valence-electron chi connectivity index (χ3n) is 5.63. The fraction of sp³-hybridized carbons (Fsp3) is 0.208. The van der Waals surface area contributed by atoms with Crippen molar-refractivity contribution in [2.75, 3.05) is 6.54 Å². The van der Waals surface area contributed by atoms with E-state index < -0.39 is 29.9 Å². The fourth-order valence-corrected chi connectivity index (χ4v) is 3.68. The van der Waals surface area contributed by atoms with E-state index in [1.165, 1.54) is 6.07 Å². The first-order valence-corrected chi connectivity index (χ1v) is 9.93. The van der Waals surface area contributed by atoms with Crippen LogP contribution in [-0.2, 0) is 21.7 Å². The molecular weight excluding hydrogens is 397 g/mol. The average Bonchev–Trinajstić information content (AvgIpc) is 2.98. The second-order valence-corrected chi connectivity index (χ2v) is 7.87. The van der Waals surface area contributed by atoms with Crippen molar-refractivity contribution in [3.05, 3.63) is 83.2 Å². The molecule has 3 aromatic rings. The molecule has 1 aliphatic heterocycles. The van der Waals surface area contributed by atoms with Gasteiger partial charge in [0.05, 0.1) is 0 Å². The summed E-state index contributed by atoms with van der Waals surface area (Å²) in [6.07, 6.45) is 0. The lowest BCUT2D eigenvalue weighted by molar-refractivity contribution is -0.134. The molecule has 4 rings (SSSR count). The molecule has 1 atom stereocenters. The Kier molecular flexibility index (Phi) is 5.19. The second-order valence-electron chi connectivity index (χ2n) is 7.87. The van der Waals surface area contributed by atoms with Gasteiger partial charge in [-0.05, 0) is 53.4 Å². The van der Waals surface area contributed by atoms with E-state index in [0.29, 0.717) is 16.7 Å². The van der Waals surface area contributed by atoms with Gasteiger partial charge in [-0.1, -0.05) is 48.5 Å². The zero-order chi connectivity index (χ0) is 22.2. The van der Waals surface area contributed by atoms with E-state index in [4.69, 9.17) is 0 Å². The molecule has 1 aliphatic rings. The Morgan fingerprint density at radius 2 is 1.81 bits per heavy atom. The van der Waals surface area contributed by atoms with Crippen LogP contribution in [0.15, 0.2) is 60.7 Å². The Bertz CT molecular complexity index is 1210. The number of carbonyl (C=O) groups is 3. The molecule has 1 heterocycles. The summed E-state index contributed by atoms with van der Waals surface area (Å²) in [5.41, 5.74) is 0.487. The van der Waals surface area contributed by atoms with Gasteiger partial charge in [-0.2, -0.15) is 0 Å². The van der Waals surface area contributed by atoms with Crippen molar-refractivity contribution in [2.45, 2.75) is 25.9 Å². The molecule has 0 spiro atoms. The van der Waals surface area contributed by atoms with Crippen LogP contribution >= 0.6 is 0 Å². The predicted octanol–water partition coefficient (Wildman–Crippen LogP) is 3.37. The second kappa shape index (κ2) is 7.83. The average molecular weight is 419 g/mol. The minimum Gasteiger partial charge on any atom is -0.350 e. The number of imide groups is 1. The molecule has 2 N–H and O–H groups in total. The number of aryl methyl sites for hydroxylation is 1. The van der Waals surface area contributed by atoms with Crippen LogP contribution in [0.1, 0.15) is 23.6 Å². The predicted molar refractivity (Wildman–Crippen MR) is 115 cm³/mol. The number of nitrogens with one attached hydrogen (secondary N) is 2. The molecule has 0 radical (unpaired) electrons. The Morgan fingerprint density at radius 1 is 1.06 bits per heavy atom. The van der Waals surface area contributed by atoms with Crippen molar-refractivity contribution in [1.29, 1.82) is 0 Å². The van der Waals surface area contributed by atoms with Crippen molar-refractivity contribution in [3.8, 4) is 0 Å². The maximum absolute atomic E-state index is 13.7. The van der Waals surface area contributed by atoms with Gasteiger partial charge in [-0.3, -0.25) is 14.5 Å². The monoisotopic (exact) mass is 419 g/mol. The van der Waals surface area contributed by atoms with Crippen LogP contribution in [0.4, 0.5) is 9.18 Å². The molecule has 0 bridgehead atoms. The van der Waals surface area contributed by atoms with Crippen LogP contribution in [0.5, 0.6) is 0 Å². The molecular formula is C24H22FN3O3. The first-order valence-electron chi connectivity index (χ1n) is 9.93. The van der Waals surface area contributed by atoms with Gasteiger partial charge < -0.3 is 10.6 Å². The van der Waals surface area contributed by atoms with Gasteiger partial charge in [0.15, 0.2) is 0 Å². The van der Waals surface area contributed by atoms with Crippen molar-refractivity contribution in [2.24, 2.45) is 0 Å². The third kappa shape index (κ3) is 3.86. The summed E-state index contributed by atoms with van der Waals surface area (Å²) in [5.74, 6) is -1.36. The van der Waals surface area contributed by atoms with E-state index in [9.17, 15) is 18.8 Å². The lowest BCUT2D eigenvalue weighted by atomic mass is 9.90. The van der Waals surface area contributed by atoms with Gasteiger partial charge in [0.2, 0.25) is 5.91 Å². The molecule has 3 aromatic carbocycles. The topological polar surface area (TPSA) is 78.5 Å². The number of halogens is 1. The molecule has 0 aliphatic carbocycles. The van der Waals surface area contributed by atoms with Gasteiger partial charge in [-0.25, -0.2) is 9.18 Å². The summed E-state index contributed by atoms with van der Waals surface area (Å²) in [6.45, 7) is 2.97. The van der Waals surface area contributed by atoms with E-state index in [0.717, 1.165) is 15.7 Å².